The SMILES string of the molecule is Cc1ccc(C)n1-c1cc(C(=O)CN=Cc2cccc(B(O)O)c2)ccc1C(=O)O. The van der Waals surface area contributed by atoms with E-state index in [1.54, 1.807) is 34.9 Å². The molecule has 0 aliphatic rings. The van der Waals surface area contributed by atoms with Gasteiger partial charge < -0.3 is 19.7 Å². The molecule has 3 N–H and O–H groups in total. The number of carbonyl (C=O) groups is 2. The number of Topliss-reactive ketones (excluding diaryl/α,β-unsaturated/α-hetero) is 1. The number of aryl methyl sites for hydroxylation is 2. The maximum Gasteiger partial charge on any atom is 0.488 e. The molecule has 0 aliphatic heterocycles. The number of nitrogens with zero attached hydrogens (tertiary/aromatic N) is 2. The highest BCUT2D eigenvalue weighted by Gasteiger charge is 2.17. The lowest BCUT2D eigenvalue weighted by molar-refractivity contribution is 0.0696. The molecule has 2 aromatic carbocycles. The minimum atomic E-state index is -1.58. The van der Waals surface area contributed by atoms with Gasteiger partial charge in [-0.15, -0.1) is 0 Å². The molecule has 0 fully saturated rings. The van der Waals surface area contributed by atoms with Crippen molar-refractivity contribution in [2.24, 2.45) is 4.99 Å². The fraction of sp³-hybridized carbons (Fsp3) is 0.136. The van der Waals surface area contributed by atoms with Crippen LogP contribution in [0.1, 0.15) is 37.7 Å². The van der Waals surface area contributed by atoms with Crippen LogP contribution in [0.15, 0.2) is 59.6 Å². The third kappa shape index (κ3) is 4.56. The fourth-order valence-electron chi connectivity index (χ4n) is 3.24. The monoisotopic (exact) mass is 404 g/mol. The van der Waals surface area contributed by atoms with Crippen LogP contribution in [0.2, 0.25) is 0 Å². The fourth-order valence-corrected chi connectivity index (χ4v) is 3.24. The van der Waals surface area contributed by atoms with Crippen molar-refractivity contribution >= 4 is 30.5 Å². The number of carboxylic acids is 1. The Kier molecular flexibility index (Phi) is 6.30. The molecule has 7 nitrogen and oxygen atoms in total. The minimum absolute atomic E-state index is 0.108. The van der Waals surface area contributed by atoms with E-state index < -0.39 is 13.1 Å². The highest BCUT2D eigenvalue weighted by molar-refractivity contribution is 6.58. The predicted molar refractivity (Wildman–Crippen MR) is 115 cm³/mol. The highest BCUT2D eigenvalue weighted by Crippen LogP contribution is 2.22. The van der Waals surface area contributed by atoms with Crippen molar-refractivity contribution in [2.45, 2.75) is 13.8 Å². The van der Waals surface area contributed by atoms with Gasteiger partial charge in [0.05, 0.1) is 11.3 Å². The summed E-state index contributed by atoms with van der Waals surface area (Å²) in [4.78, 5) is 28.4. The lowest BCUT2D eigenvalue weighted by atomic mass is 9.80. The zero-order valence-corrected chi connectivity index (χ0v) is 16.6. The third-order valence-corrected chi connectivity index (χ3v) is 4.75. The molecule has 0 aliphatic carbocycles. The van der Waals surface area contributed by atoms with Gasteiger partial charge >= 0.3 is 13.1 Å². The zero-order chi connectivity index (χ0) is 21.8. The van der Waals surface area contributed by atoms with E-state index in [2.05, 4.69) is 4.99 Å². The second-order valence-corrected chi connectivity index (χ2v) is 6.93. The number of aliphatic imine (C=N–C) groups is 1. The van der Waals surface area contributed by atoms with Crippen molar-refractivity contribution in [3.05, 3.63) is 82.7 Å². The van der Waals surface area contributed by atoms with Gasteiger partial charge in [0.2, 0.25) is 0 Å². The molecule has 0 saturated carbocycles. The number of ketones is 1. The van der Waals surface area contributed by atoms with E-state index in [1.165, 1.54) is 18.3 Å². The normalized spacial score (nSPS) is 11.1. The predicted octanol–water partition coefficient (Wildman–Crippen LogP) is 1.77. The van der Waals surface area contributed by atoms with Gasteiger partial charge in [0.1, 0.15) is 6.54 Å². The first-order chi connectivity index (χ1) is 14.3. The number of aromatic nitrogens is 1. The third-order valence-electron chi connectivity index (χ3n) is 4.75. The number of hydrogen-bond donors (Lipinski definition) is 3. The molecule has 0 amide bonds. The van der Waals surface area contributed by atoms with E-state index in [-0.39, 0.29) is 17.9 Å². The Morgan fingerprint density at radius 2 is 1.73 bits per heavy atom. The molecule has 0 bridgehead atoms. The van der Waals surface area contributed by atoms with Crippen LogP contribution in [0.25, 0.3) is 5.69 Å². The Bertz CT molecular complexity index is 1110. The van der Waals surface area contributed by atoms with Gasteiger partial charge in [-0.2, -0.15) is 0 Å². The number of rotatable bonds is 7. The van der Waals surface area contributed by atoms with Crippen LogP contribution in [0, 0.1) is 13.8 Å². The second-order valence-electron chi connectivity index (χ2n) is 6.93. The topological polar surface area (TPSA) is 112 Å². The van der Waals surface area contributed by atoms with Gasteiger partial charge in [-0.05, 0) is 49.1 Å². The van der Waals surface area contributed by atoms with E-state index in [0.29, 0.717) is 22.3 Å². The van der Waals surface area contributed by atoms with Crippen molar-refractivity contribution in [3.63, 3.8) is 0 Å². The Morgan fingerprint density at radius 1 is 1.03 bits per heavy atom. The number of hydrogen-bond acceptors (Lipinski definition) is 5. The summed E-state index contributed by atoms with van der Waals surface area (Å²) < 4.78 is 1.80. The number of carbonyl (C=O) groups excluding carboxylic acids is 1. The van der Waals surface area contributed by atoms with E-state index >= 15 is 0 Å². The van der Waals surface area contributed by atoms with Crippen molar-refractivity contribution in [3.8, 4) is 5.69 Å². The van der Waals surface area contributed by atoms with Gasteiger partial charge in [-0.25, -0.2) is 4.79 Å². The van der Waals surface area contributed by atoms with Gasteiger partial charge in [0, 0.05) is 23.2 Å². The van der Waals surface area contributed by atoms with Gasteiger partial charge in [-0.3, -0.25) is 9.79 Å². The standard InChI is InChI=1S/C22H21BN2O5/c1-14-6-7-15(2)25(14)20-11-17(8-9-19(20)22(27)28)21(26)13-24-12-16-4-3-5-18(10-16)23(29)30/h3-12,29-30H,13H2,1-2H3,(H,27,28). The van der Waals surface area contributed by atoms with Gasteiger partial charge in [0.25, 0.3) is 0 Å². The van der Waals surface area contributed by atoms with Crippen LogP contribution in [-0.2, 0) is 0 Å². The summed E-state index contributed by atoms with van der Waals surface area (Å²) in [6, 6.07) is 14.8. The Hall–Kier alpha value is -3.49. The van der Waals surface area contributed by atoms with Crippen LogP contribution in [-0.4, -0.2) is 51.4 Å². The summed E-state index contributed by atoms with van der Waals surface area (Å²) in [6.45, 7) is 3.62. The molecule has 0 atom stereocenters. The smallest absolute Gasteiger partial charge is 0.478 e. The largest absolute Gasteiger partial charge is 0.488 e. The summed E-state index contributed by atoms with van der Waals surface area (Å²) >= 11 is 0. The van der Waals surface area contributed by atoms with Crippen molar-refractivity contribution in [2.75, 3.05) is 6.54 Å². The van der Waals surface area contributed by atoms with Crippen LogP contribution in [0.5, 0.6) is 0 Å². The average molecular weight is 404 g/mol. The van der Waals surface area contributed by atoms with Gasteiger partial charge in [-0.1, -0.05) is 30.3 Å². The summed E-state index contributed by atoms with van der Waals surface area (Å²) in [5, 5.41) is 28.0. The number of benzene rings is 2. The summed E-state index contributed by atoms with van der Waals surface area (Å²) in [5.74, 6) is -1.33. The minimum Gasteiger partial charge on any atom is -0.478 e. The lowest BCUT2D eigenvalue weighted by Gasteiger charge is -2.14. The van der Waals surface area contributed by atoms with E-state index in [0.717, 1.165) is 11.4 Å². The number of carboxylic acid groups (broad SMARTS) is 1. The van der Waals surface area contributed by atoms with Crippen LogP contribution in [0.3, 0.4) is 0 Å². The van der Waals surface area contributed by atoms with Gasteiger partial charge in [0.15, 0.2) is 5.78 Å². The van der Waals surface area contributed by atoms with Crippen LogP contribution >= 0.6 is 0 Å². The molecule has 0 saturated heterocycles. The summed E-state index contributed by atoms with van der Waals surface area (Å²) in [7, 11) is -1.58. The molecule has 3 rings (SSSR count). The quantitative estimate of drug-likeness (QED) is 0.316. The van der Waals surface area contributed by atoms with Crippen molar-refractivity contribution in [1.82, 2.24) is 4.57 Å². The molecule has 1 heterocycles. The van der Waals surface area contributed by atoms with Crippen molar-refractivity contribution in [1.29, 1.82) is 0 Å². The summed E-state index contributed by atoms with van der Waals surface area (Å²) in [5.41, 5.74) is 3.59. The Morgan fingerprint density at radius 3 is 2.37 bits per heavy atom. The summed E-state index contributed by atoms with van der Waals surface area (Å²) in [6.07, 6.45) is 1.48. The molecular formula is C22H21BN2O5. The maximum absolute atomic E-state index is 12.6. The molecule has 0 radical (unpaired) electrons. The molecule has 0 unspecified atom stereocenters. The molecular weight excluding hydrogens is 383 g/mol. The average Bonchev–Trinajstić information content (AvgIpc) is 3.05. The van der Waals surface area contributed by atoms with Crippen LogP contribution in [0.4, 0.5) is 0 Å². The Labute approximate surface area is 174 Å². The van der Waals surface area contributed by atoms with E-state index in [4.69, 9.17) is 0 Å². The van der Waals surface area contributed by atoms with E-state index in [1.807, 2.05) is 26.0 Å². The first-order valence-electron chi connectivity index (χ1n) is 9.29. The van der Waals surface area contributed by atoms with E-state index in [9.17, 15) is 24.7 Å². The first kappa shape index (κ1) is 21.2. The zero-order valence-electron chi connectivity index (χ0n) is 16.6. The second kappa shape index (κ2) is 8.90. The van der Waals surface area contributed by atoms with Crippen LogP contribution < -0.4 is 5.46 Å². The molecule has 0 spiro atoms. The first-order valence-corrected chi connectivity index (χ1v) is 9.29. The molecule has 30 heavy (non-hydrogen) atoms. The molecule has 1 aromatic heterocycles. The highest BCUT2D eigenvalue weighted by atomic mass is 16.4. The molecule has 152 valence electrons. The van der Waals surface area contributed by atoms with Crippen molar-refractivity contribution < 1.29 is 24.7 Å². The Balaban J connectivity index is 1.85. The lowest BCUT2D eigenvalue weighted by Crippen LogP contribution is -2.29. The molecule has 3 aromatic rings. The maximum atomic E-state index is 12.6. The molecule has 8 heteroatoms. The number of aromatic carboxylic acids is 1.